The van der Waals surface area contributed by atoms with Gasteiger partial charge in [-0.25, -0.2) is 4.98 Å². The van der Waals surface area contributed by atoms with Gasteiger partial charge in [0.15, 0.2) is 5.82 Å². The van der Waals surface area contributed by atoms with Gasteiger partial charge in [0.2, 0.25) is 0 Å². The molecule has 2 unspecified atom stereocenters. The number of aliphatic hydroxyl groups is 1. The molecule has 3 heterocycles. The van der Waals surface area contributed by atoms with Gasteiger partial charge < -0.3 is 20.7 Å². The molecule has 2 saturated heterocycles. The molecule has 2 aromatic carbocycles. The van der Waals surface area contributed by atoms with Gasteiger partial charge in [-0.3, -0.25) is 9.69 Å². The van der Waals surface area contributed by atoms with Gasteiger partial charge in [-0.15, -0.1) is 0 Å². The quantitative estimate of drug-likeness (QED) is 0.407. The summed E-state index contributed by atoms with van der Waals surface area (Å²) in [6.45, 7) is 0. The van der Waals surface area contributed by atoms with Crippen molar-refractivity contribution in [2.24, 2.45) is 5.73 Å². The van der Waals surface area contributed by atoms with Crippen molar-refractivity contribution in [1.29, 1.82) is 0 Å². The Morgan fingerprint density at radius 1 is 0.838 bits per heavy atom. The van der Waals surface area contributed by atoms with Crippen LogP contribution in [0.3, 0.4) is 0 Å². The monoisotopic (exact) mass is 501 g/mol. The van der Waals surface area contributed by atoms with E-state index in [4.69, 9.17) is 10.7 Å². The van der Waals surface area contributed by atoms with Crippen molar-refractivity contribution in [3.63, 3.8) is 0 Å². The maximum Gasteiger partial charge on any atom is 0.294 e. The maximum atomic E-state index is 14.0. The lowest BCUT2D eigenvalue weighted by atomic mass is 9.89. The van der Waals surface area contributed by atoms with Gasteiger partial charge in [-0.1, -0.05) is 62.4 Å². The Labute approximate surface area is 218 Å². The summed E-state index contributed by atoms with van der Waals surface area (Å²) in [5, 5.41) is 13.3. The molecule has 2 aliphatic heterocycles. The number of nitrogens with one attached hydrogen (secondary N) is 1. The van der Waals surface area contributed by atoms with Gasteiger partial charge in [0.1, 0.15) is 6.23 Å². The molecule has 0 radical (unpaired) electrons. The predicted molar refractivity (Wildman–Crippen MR) is 148 cm³/mol. The lowest BCUT2D eigenvalue weighted by Gasteiger charge is -2.45. The Bertz CT molecular complexity index is 1280. The number of hydrogen-bond donors (Lipinski definition) is 3. The van der Waals surface area contributed by atoms with Crippen LogP contribution in [0.25, 0.3) is 11.0 Å². The van der Waals surface area contributed by atoms with Gasteiger partial charge in [-0.2, -0.15) is 0 Å². The highest BCUT2D eigenvalue weighted by Crippen LogP contribution is 2.44. The van der Waals surface area contributed by atoms with Gasteiger partial charge in [0.05, 0.1) is 11.0 Å². The normalized spacial score (nSPS) is 26.1. The molecule has 4 atom stereocenters. The van der Waals surface area contributed by atoms with E-state index in [0.29, 0.717) is 29.4 Å². The number of para-hydroxylation sites is 3. The molecular weight excluding hydrogens is 462 g/mol. The van der Waals surface area contributed by atoms with Crippen LogP contribution in [0.15, 0.2) is 53.3 Å². The van der Waals surface area contributed by atoms with Crippen LogP contribution in [0.4, 0.5) is 11.5 Å². The maximum absolute atomic E-state index is 14.0. The zero-order valence-corrected chi connectivity index (χ0v) is 21.6. The van der Waals surface area contributed by atoms with Gasteiger partial charge >= 0.3 is 0 Å². The number of nitrogens with zero attached hydrogens (tertiary/aromatic N) is 3. The van der Waals surface area contributed by atoms with E-state index >= 15 is 0 Å². The molecule has 1 aromatic heterocycles. The summed E-state index contributed by atoms with van der Waals surface area (Å²) in [5.74, 6) is 0.279. The lowest BCUT2D eigenvalue weighted by Crippen LogP contribution is -2.50. The highest BCUT2D eigenvalue weighted by Gasteiger charge is 2.44. The van der Waals surface area contributed by atoms with Crippen molar-refractivity contribution >= 4 is 22.5 Å². The zero-order chi connectivity index (χ0) is 25.4. The van der Waals surface area contributed by atoms with E-state index in [1.165, 1.54) is 57.8 Å². The molecular formula is C30H39N5O2. The van der Waals surface area contributed by atoms with E-state index in [2.05, 4.69) is 10.2 Å². The van der Waals surface area contributed by atoms with Crippen LogP contribution in [-0.2, 0) is 0 Å². The second-order valence-electron chi connectivity index (χ2n) is 11.2. The number of aliphatic hydroxyl groups excluding tert-OH is 1. The minimum Gasteiger partial charge on any atom is -0.374 e. The molecule has 6 rings (SSSR count). The van der Waals surface area contributed by atoms with Gasteiger partial charge in [0, 0.05) is 35.4 Å². The first kappa shape index (κ1) is 24.6. The van der Waals surface area contributed by atoms with Crippen LogP contribution >= 0.6 is 0 Å². The third kappa shape index (κ3) is 4.80. The van der Waals surface area contributed by atoms with E-state index in [1.807, 2.05) is 47.0 Å². The molecule has 1 saturated carbocycles. The molecule has 0 spiro atoms. The third-order valence-corrected chi connectivity index (χ3v) is 8.95. The molecule has 1 aliphatic carbocycles. The summed E-state index contributed by atoms with van der Waals surface area (Å²) in [6, 6.07) is 17.2. The first-order valence-corrected chi connectivity index (χ1v) is 14.2. The first-order chi connectivity index (χ1) is 18.1. The topological polar surface area (TPSA) is 96.4 Å². The number of hydrogen-bond acceptors (Lipinski definition) is 6. The summed E-state index contributed by atoms with van der Waals surface area (Å²) in [7, 11) is 0. The van der Waals surface area contributed by atoms with Crippen molar-refractivity contribution in [2.75, 3.05) is 5.32 Å². The molecule has 3 aromatic rings. The van der Waals surface area contributed by atoms with Crippen LogP contribution in [0.2, 0.25) is 0 Å². The average molecular weight is 502 g/mol. The van der Waals surface area contributed by atoms with E-state index < -0.39 is 6.23 Å². The summed E-state index contributed by atoms with van der Waals surface area (Å²) in [4.78, 5) is 21.6. The molecule has 3 fully saturated rings. The number of rotatable bonds is 5. The molecule has 7 heteroatoms. The molecule has 2 bridgehead atoms. The molecule has 4 N–H and O–H groups in total. The highest BCUT2D eigenvalue weighted by atomic mass is 16.3. The zero-order valence-electron chi connectivity index (χ0n) is 21.6. The fraction of sp³-hybridized carbons (Fsp3) is 0.533. The number of nitrogens with two attached hydrogens (primary N) is 1. The van der Waals surface area contributed by atoms with Crippen LogP contribution in [0, 0.1) is 0 Å². The number of anilines is 2. The lowest BCUT2D eigenvalue weighted by molar-refractivity contribution is 0.0498. The fourth-order valence-corrected chi connectivity index (χ4v) is 7.32. The smallest absolute Gasteiger partial charge is 0.294 e. The van der Waals surface area contributed by atoms with Crippen LogP contribution in [-0.4, -0.2) is 37.7 Å². The van der Waals surface area contributed by atoms with E-state index in [-0.39, 0.29) is 17.4 Å². The number of fused-ring (bicyclic) bond motifs is 3. The summed E-state index contributed by atoms with van der Waals surface area (Å²) < 4.78 is 2.01. The SMILES string of the molecule is NC(O)c1ccccc1Nc1nc2ccccc2n([C@H]2CC3CC[C@@H](C2)N3C2CCCCCCC2)c1=O. The highest BCUT2D eigenvalue weighted by molar-refractivity contribution is 5.77. The Morgan fingerprint density at radius 2 is 1.49 bits per heavy atom. The minimum atomic E-state index is -1.14. The van der Waals surface area contributed by atoms with Crippen molar-refractivity contribution in [3.8, 4) is 0 Å². The van der Waals surface area contributed by atoms with Crippen LogP contribution in [0.1, 0.15) is 88.5 Å². The minimum absolute atomic E-state index is 0.108. The molecule has 196 valence electrons. The Hall–Kier alpha value is -2.74. The molecule has 3 aliphatic rings. The number of benzene rings is 2. The first-order valence-electron chi connectivity index (χ1n) is 14.2. The third-order valence-electron chi connectivity index (χ3n) is 8.95. The van der Waals surface area contributed by atoms with Crippen molar-refractivity contribution in [1.82, 2.24) is 14.5 Å². The largest absolute Gasteiger partial charge is 0.374 e. The number of aromatic nitrogens is 2. The van der Waals surface area contributed by atoms with E-state index in [9.17, 15) is 9.90 Å². The van der Waals surface area contributed by atoms with Crippen LogP contribution in [0.5, 0.6) is 0 Å². The predicted octanol–water partition coefficient (Wildman–Crippen LogP) is 5.37. The summed E-state index contributed by atoms with van der Waals surface area (Å²) in [6.07, 6.45) is 12.9. The standard InChI is InChI=1S/C30H39N5O2/c31-28(36)24-12-6-7-13-25(24)32-29-30(37)35(27-15-9-8-14-26(27)33-29)23-18-21-16-17-22(19-23)34(21)20-10-4-2-1-3-5-11-20/h6-9,12-15,20-23,28,36H,1-5,10-11,16-19,31H2,(H,32,33)/t21-,22?,23+,28?/m0/s1. The van der Waals surface area contributed by atoms with Crippen molar-refractivity contribution in [2.45, 2.75) is 101 Å². The molecule has 7 nitrogen and oxygen atoms in total. The summed E-state index contributed by atoms with van der Waals surface area (Å²) >= 11 is 0. The van der Waals surface area contributed by atoms with E-state index in [1.54, 1.807) is 6.07 Å². The van der Waals surface area contributed by atoms with Gasteiger partial charge in [0.25, 0.3) is 5.56 Å². The molecule has 0 amide bonds. The molecule has 37 heavy (non-hydrogen) atoms. The Morgan fingerprint density at radius 3 is 2.22 bits per heavy atom. The van der Waals surface area contributed by atoms with Crippen molar-refractivity contribution < 1.29 is 5.11 Å². The fourth-order valence-electron chi connectivity index (χ4n) is 7.32. The Kier molecular flexibility index (Phi) is 7.02. The second-order valence-corrected chi connectivity index (χ2v) is 11.2. The number of piperidine rings is 1. The van der Waals surface area contributed by atoms with Gasteiger partial charge in [-0.05, 0) is 56.7 Å². The van der Waals surface area contributed by atoms with Crippen molar-refractivity contribution in [3.05, 3.63) is 64.4 Å². The Balaban J connectivity index is 1.34. The summed E-state index contributed by atoms with van der Waals surface area (Å²) in [5.41, 5.74) is 8.50. The van der Waals surface area contributed by atoms with Crippen LogP contribution < -0.4 is 16.6 Å². The average Bonchev–Trinajstić information content (AvgIpc) is 3.13. The second kappa shape index (κ2) is 10.6. The van der Waals surface area contributed by atoms with E-state index in [0.717, 1.165) is 23.9 Å².